The van der Waals surface area contributed by atoms with Crippen LogP contribution in [-0.2, 0) is 16.2 Å². The average Bonchev–Trinajstić information content (AvgIpc) is 2.37. The largest absolute Gasteiger partial charge is 0.314 e. The monoisotopic (exact) mass is 262 g/mol. The highest BCUT2D eigenvalue weighted by Crippen LogP contribution is 2.22. The molecule has 4 nitrogen and oxygen atoms in total. The minimum absolute atomic E-state index is 0.414. The van der Waals surface area contributed by atoms with Crippen molar-refractivity contribution in [1.29, 1.82) is 0 Å². The van der Waals surface area contributed by atoms with Crippen LogP contribution in [0.4, 0.5) is 0 Å². The van der Waals surface area contributed by atoms with Crippen LogP contribution in [0.25, 0.3) is 11.1 Å². The first kappa shape index (κ1) is 12.7. The quantitative estimate of drug-likeness (QED) is 0.858. The van der Waals surface area contributed by atoms with Gasteiger partial charge >= 0.3 is 0 Å². The van der Waals surface area contributed by atoms with Crippen molar-refractivity contribution in [3.8, 4) is 11.1 Å². The second-order valence-corrected chi connectivity index (χ2v) is 6.06. The Kier molecular flexibility index (Phi) is 3.74. The summed E-state index contributed by atoms with van der Waals surface area (Å²) in [5, 5.41) is 1.41. The molecule has 0 aliphatic carbocycles. The van der Waals surface area contributed by atoms with Crippen LogP contribution < -0.4 is 0 Å². The first-order valence-electron chi connectivity index (χ1n) is 5.44. The van der Waals surface area contributed by atoms with E-state index in [1.165, 1.54) is 11.6 Å². The summed E-state index contributed by atoms with van der Waals surface area (Å²) in [5.74, 6) is 0. The molecular weight excluding hydrogens is 248 g/mol. The van der Waals surface area contributed by atoms with Crippen molar-refractivity contribution in [2.45, 2.75) is 6.42 Å². The van der Waals surface area contributed by atoms with Gasteiger partial charge in [0.2, 0.25) is 0 Å². The Bertz CT molecular complexity index is 639. The molecule has 0 aliphatic heterocycles. The molecule has 2 aromatic rings. The van der Waals surface area contributed by atoms with E-state index in [-0.39, 0.29) is 0 Å². The fourth-order valence-corrected chi connectivity index (χ4v) is 2.14. The van der Waals surface area contributed by atoms with Gasteiger partial charge in [0.25, 0.3) is 0 Å². The third-order valence-corrected chi connectivity index (χ3v) is 3.29. The van der Waals surface area contributed by atoms with Gasteiger partial charge in [-0.3, -0.25) is 9.97 Å². The van der Waals surface area contributed by atoms with E-state index in [1.54, 1.807) is 24.8 Å². The van der Waals surface area contributed by atoms with Crippen LogP contribution in [0.3, 0.4) is 0 Å². The molecule has 0 amide bonds. The topological polar surface area (TPSA) is 63.1 Å². The Balaban J connectivity index is 2.41. The summed E-state index contributed by atoms with van der Waals surface area (Å²) in [6, 6.07) is 5.70. The number of rotatable bonds is 3. The molecular formula is C13H14N2O2S. The zero-order valence-electron chi connectivity index (χ0n) is 9.98. The third-order valence-electron chi connectivity index (χ3n) is 2.51. The lowest BCUT2D eigenvalue weighted by Gasteiger charge is -2.07. The normalized spacial score (nSPS) is 13.9. The van der Waals surface area contributed by atoms with Gasteiger partial charge in [0, 0.05) is 37.5 Å². The van der Waals surface area contributed by atoms with Gasteiger partial charge in [0.15, 0.2) is 0 Å². The maximum absolute atomic E-state index is 11.3. The molecule has 0 spiro atoms. The lowest BCUT2D eigenvalue weighted by Crippen LogP contribution is -2.02. The van der Waals surface area contributed by atoms with Gasteiger partial charge in [0.05, 0.1) is 9.80 Å². The Labute approximate surface area is 107 Å². The minimum Gasteiger partial charge on any atom is -0.314 e. The molecule has 0 fully saturated rings. The molecule has 0 saturated carbocycles. The summed E-state index contributed by atoms with van der Waals surface area (Å²) in [5.41, 5.74) is 2.95. The van der Waals surface area contributed by atoms with Crippen molar-refractivity contribution in [2.75, 3.05) is 6.26 Å². The van der Waals surface area contributed by atoms with Crippen LogP contribution in [-0.4, -0.2) is 30.4 Å². The van der Waals surface area contributed by atoms with Crippen LogP contribution in [0, 0.1) is 0 Å². The minimum atomic E-state index is -2.84. The predicted molar refractivity (Wildman–Crippen MR) is 73.9 cm³/mol. The Morgan fingerprint density at radius 3 is 2.56 bits per heavy atom. The average molecular weight is 262 g/mol. The summed E-state index contributed by atoms with van der Waals surface area (Å²) < 4.78 is 20.6. The van der Waals surface area contributed by atoms with Crippen LogP contribution >= 0.6 is 0 Å². The van der Waals surface area contributed by atoms with Crippen molar-refractivity contribution in [3.05, 3.63) is 48.5 Å². The molecule has 2 heterocycles. The van der Waals surface area contributed by atoms with Gasteiger partial charge in [-0.1, -0.05) is 0 Å². The lowest BCUT2D eigenvalue weighted by molar-refractivity contribution is 0.566. The van der Waals surface area contributed by atoms with Gasteiger partial charge in [-0.2, -0.15) is 0 Å². The van der Waals surface area contributed by atoms with Gasteiger partial charge < -0.3 is 4.55 Å². The maximum Gasteiger partial charge on any atom is 0.0750 e. The molecule has 0 aliphatic rings. The molecule has 0 saturated heterocycles. The van der Waals surface area contributed by atoms with Crippen molar-refractivity contribution in [3.63, 3.8) is 0 Å². The fourth-order valence-electron chi connectivity index (χ4n) is 1.65. The highest BCUT2D eigenvalue weighted by Gasteiger charge is 2.04. The number of nitrogens with zero attached hydrogens (tertiary/aromatic N) is 2. The van der Waals surface area contributed by atoms with E-state index in [9.17, 15) is 8.76 Å². The molecule has 2 rings (SSSR count). The van der Waals surface area contributed by atoms with Crippen LogP contribution in [0.1, 0.15) is 5.56 Å². The van der Waals surface area contributed by atoms with Gasteiger partial charge in [-0.15, -0.1) is 0 Å². The molecule has 1 atom stereocenters. The highest BCUT2D eigenvalue weighted by atomic mass is 32.2. The summed E-state index contributed by atoms with van der Waals surface area (Å²) in [4.78, 5) is 8.04. The second-order valence-electron chi connectivity index (χ2n) is 4.00. The van der Waals surface area contributed by atoms with Gasteiger partial charge in [-0.05, 0) is 40.3 Å². The number of hydrogen-bond donors (Lipinski definition) is 1. The van der Waals surface area contributed by atoms with Crippen molar-refractivity contribution in [2.24, 2.45) is 0 Å². The third kappa shape index (κ3) is 3.38. The summed E-state index contributed by atoms with van der Waals surface area (Å²) in [6.07, 6.45) is 8.59. The maximum atomic E-state index is 11.3. The Morgan fingerprint density at radius 1 is 1.22 bits per heavy atom. The van der Waals surface area contributed by atoms with E-state index >= 15 is 0 Å². The van der Waals surface area contributed by atoms with E-state index in [0.717, 1.165) is 16.7 Å². The molecule has 2 aromatic heterocycles. The van der Waals surface area contributed by atoms with E-state index in [4.69, 9.17) is 0 Å². The van der Waals surface area contributed by atoms with E-state index in [1.807, 2.05) is 18.2 Å². The Hall–Kier alpha value is -1.72. The molecule has 0 aromatic carbocycles. The van der Waals surface area contributed by atoms with Gasteiger partial charge in [-0.25, -0.2) is 4.21 Å². The second kappa shape index (κ2) is 5.29. The summed E-state index contributed by atoms with van der Waals surface area (Å²) >= 11 is 0. The number of hydrogen-bond acceptors (Lipinski definition) is 3. The van der Waals surface area contributed by atoms with Crippen molar-refractivity contribution in [1.82, 2.24) is 9.97 Å². The first-order valence-corrected chi connectivity index (χ1v) is 7.43. The first-order chi connectivity index (χ1) is 8.56. The molecule has 0 bridgehead atoms. The van der Waals surface area contributed by atoms with Crippen molar-refractivity contribution >= 4 is 15.2 Å². The zero-order chi connectivity index (χ0) is 13.0. The molecule has 1 N–H and O–H groups in total. The zero-order valence-corrected chi connectivity index (χ0v) is 10.8. The Morgan fingerprint density at radius 2 is 1.89 bits per heavy atom. The van der Waals surface area contributed by atoms with E-state index < -0.39 is 9.80 Å². The highest BCUT2D eigenvalue weighted by molar-refractivity contribution is 7.95. The summed E-state index contributed by atoms with van der Waals surface area (Å²) in [7, 11) is -2.84. The van der Waals surface area contributed by atoms with Gasteiger partial charge in [0.1, 0.15) is 0 Å². The van der Waals surface area contributed by atoms with E-state index in [2.05, 4.69) is 9.97 Å². The molecule has 1 unspecified atom stereocenters. The number of aromatic nitrogens is 2. The van der Waals surface area contributed by atoms with Crippen LogP contribution in [0.2, 0.25) is 0 Å². The number of pyridine rings is 2. The predicted octanol–water partition coefficient (Wildman–Crippen LogP) is 1.88. The molecule has 94 valence electrons. The smallest absolute Gasteiger partial charge is 0.0750 e. The summed E-state index contributed by atoms with van der Waals surface area (Å²) in [6.45, 7) is 0. The van der Waals surface area contributed by atoms with Crippen LogP contribution in [0.15, 0.2) is 43.0 Å². The fraction of sp³-hybridized carbons (Fsp3) is 0.154. The molecule has 0 radical (unpaired) electrons. The lowest BCUT2D eigenvalue weighted by atomic mass is 10.0. The van der Waals surface area contributed by atoms with E-state index in [0.29, 0.717) is 6.42 Å². The molecule has 18 heavy (non-hydrogen) atoms. The standard InChI is InChI=1S/C13H14N2O2S/c1-18(16,17)9-5-12-10-15-8-4-13(12)11-2-6-14-7-3-11/h2-4,6-10H,5H2,1H3,(H,16,17). The van der Waals surface area contributed by atoms with Crippen LogP contribution in [0.5, 0.6) is 0 Å². The molecule has 5 heteroatoms. The SMILES string of the molecule is CS(=O)(O)=CCc1cnccc1-c1ccncc1. The van der Waals surface area contributed by atoms with Crippen molar-refractivity contribution < 1.29 is 8.76 Å².